The first-order valence-electron chi connectivity index (χ1n) is 7.75. The zero-order valence-electron chi connectivity index (χ0n) is 13.6. The van der Waals surface area contributed by atoms with Crippen molar-refractivity contribution in [2.75, 3.05) is 36.8 Å². The van der Waals surface area contributed by atoms with Crippen LogP contribution in [0.4, 0.5) is 19.0 Å². The Bertz CT molecular complexity index is 753. The van der Waals surface area contributed by atoms with E-state index in [1.807, 2.05) is 4.90 Å². The van der Waals surface area contributed by atoms with Crippen molar-refractivity contribution in [3.8, 4) is 0 Å². The fourth-order valence-corrected chi connectivity index (χ4v) is 3.16. The molecule has 138 valence electrons. The summed E-state index contributed by atoms with van der Waals surface area (Å²) in [5.74, 6) is 0.591. The first-order chi connectivity index (χ1) is 12.4. The number of piperazine rings is 1. The number of hydrogen-bond acceptors (Lipinski definition) is 7. The largest absolute Gasteiger partial charge is 0.433 e. The molecule has 1 amide bonds. The molecular formula is C15H15F3N6OS. The van der Waals surface area contributed by atoms with Crippen LogP contribution in [-0.4, -0.2) is 62.7 Å². The molecular weight excluding hydrogens is 369 g/mol. The SMILES string of the molecule is O=C(CSc1nccc(C(F)(F)F)n1)N1CCN(c2cnccn2)CC1. The van der Waals surface area contributed by atoms with Crippen molar-refractivity contribution in [2.24, 2.45) is 0 Å². The third-order valence-electron chi connectivity index (χ3n) is 3.75. The normalized spacial score (nSPS) is 15.2. The number of nitrogens with zero attached hydrogens (tertiary/aromatic N) is 6. The molecule has 2 aromatic rings. The first kappa shape index (κ1) is 18.4. The molecule has 0 N–H and O–H groups in total. The number of rotatable bonds is 4. The Hall–Kier alpha value is -2.43. The van der Waals surface area contributed by atoms with Gasteiger partial charge in [0.25, 0.3) is 0 Å². The van der Waals surface area contributed by atoms with E-state index in [-0.39, 0.29) is 16.8 Å². The van der Waals surface area contributed by atoms with Gasteiger partial charge in [0.05, 0.1) is 11.9 Å². The summed E-state index contributed by atoms with van der Waals surface area (Å²) in [7, 11) is 0. The maximum Gasteiger partial charge on any atom is 0.433 e. The average Bonchev–Trinajstić information content (AvgIpc) is 2.66. The summed E-state index contributed by atoms with van der Waals surface area (Å²) in [5.41, 5.74) is -1.01. The van der Waals surface area contributed by atoms with Crippen molar-refractivity contribution in [1.82, 2.24) is 24.8 Å². The summed E-state index contributed by atoms with van der Waals surface area (Å²) in [6.45, 7) is 2.27. The number of carbonyl (C=O) groups excluding carboxylic acids is 1. The van der Waals surface area contributed by atoms with Gasteiger partial charge in [0.1, 0.15) is 11.5 Å². The van der Waals surface area contributed by atoms with Gasteiger partial charge in [-0.05, 0) is 6.07 Å². The predicted molar refractivity (Wildman–Crippen MR) is 88.6 cm³/mol. The van der Waals surface area contributed by atoms with Gasteiger partial charge >= 0.3 is 6.18 Å². The molecule has 0 spiro atoms. The predicted octanol–water partition coefficient (Wildman–Crippen LogP) is 1.73. The zero-order chi connectivity index (χ0) is 18.6. The van der Waals surface area contributed by atoms with E-state index in [1.165, 1.54) is 0 Å². The Morgan fingerprint density at radius 1 is 1.12 bits per heavy atom. The molecule has 0 bridgehead atoms. The molecule has 0 atom stereocenters. The van der Waals surface area contributed by atoms with Gasteiger partial charge in [-0.2, -0.15) is 13.2 Å². The molecule has 0 saturated carbocycles. The Kier molecular flexibility index (Phi) is 5.55. The minimum atomic E-state index is -4.53. The van der Waals surface area contributed by atoms with Crippen molar-refractivity contribution in [3.63, 3.8) is 0 Å². The van der Waals surface area contributed by atoms with E-state index in [0.717, 1.165) is 29.8 Å². The molecule has 1 aliphatic heterocycles. The van der Waals surface area contributed by atoms with Crippen LogP contribution in [0.5, 0.6) is 0 Å². The lowest BCUT2D eigenvalue weighted by atomic mass is 10.3. The van der Waals surface area contributed by atoms with Crippen molar-refractivity contribution >= 4 is 23.5 Å². The maximum atomic E-state index is 12.6. The van der Waals surface area contributed by atoms with Crippen LogP contribution in [0.25, 0.3) is 0 Å². The molecule has 1 aliphatic rings. The third kappa shape index (κ3) is 4.59. The highest BCUT2D eigenvalue weighted by Crippen LogP contribution is 2.28. The summed E-state index contributed by atoms with van der Waals surface area (Å²) in [6, 6.07) is 0.803. The van der Waals surface area contributed by atoms with Crippen LogP contribution in [0, 0.1) is 0 Å². The van der Waals surface area contributed by atoms with E-state index in [0.29, 0.717) is 26.2 Å². The molecule has 2 aromatic heterocycles. The number of hydrogen-bond donors (Lipinski definition) is 0. The van der Waals surface area contributed by atoms with E-state index < -0.39 is 11.9 Å². The second-order valence-corrected chi connectivity index (χ2v) is 6.38. The highest BCUT2D eigenvalue weighted by Gasteiger charge is 2.33. The van der Waals surface area contributed by atoms with Crippen LogP contribution >= 0.6 is 11.8 Å². The van der Waals surface area contributed by atoms with Crippen LogP contribution < -0.4 is 4.90 Å². The van der Waals surface area contributed by atoms with Gasteiger partial charge in [-0.3, -0.25) is 9.78 Å². The summed E-state index contributed by atoms with van der Waals surface area (Å²) in [5, 5.41) is -0.0635. The number of halogens is 3. The van der Waals surface area contributed by atoms with Gasteiger partial charge < -0.3 is 9.80 Å². The standard InChI is InChI=1S/C15H15F3N6OS/c16-15(17,18)11-1-2-21-14(22-11)26-10-13(25)24-7-5-23(6-8-24)12-9-19-3-4-20-12/h1-4,9H,5-8,10H2. The van der Waals surface area contributed by atoms with Gasteiger partial charge in [-0.1, -0.05) is 11.8 Å². The number of alkyl halides is 3. The quantitative estimate of drug-likeness (QED) is 0.587. The number of thioether (sulfide) groups is 1. The molecule has 7 nitrogen and oxygen atoms in total. The van der Waals surface area contributed by atoms with Crippen LogP contribution in [-0.2, 0) is 11.0 Å². The monoisotopic (exact) mass is 384 g/mol. The van der Waals surface area contributed by atoms with Crippen molar-refractivity contribution in [3.05, 3.63) is 36.5 Å². The Morgan fingerprint density at radius 3 is 2.54 bits per heavy atom. The fourth-order valence-electron chi connectivity index (χ4n) is 2.43. The lowest BCUT2D eigenvalue weighted by Crippen LogP contribution is -2.49. The second kappa shape index (κ2) is 7.85. The Morgan fingerprint density at radius 2 is 1.88 bits per heavy atom. The maximum absolute atomic E-state index is 12.6. The molecule has 11 heteroatoms. The highest BCUT2D eigenvalue weighted by atomic mass is 32.2. The van der Waals surface area contributed by atoms with E-state index in [1.54, 1.807) is 23.5 Å². The minimum Gasteiger partial charge on any atom is -0.352 e. The van der Waals surface area contributed by atoms with E-state index in [9.17, 15) is 18.0 Å². The summed E-state index contributed by atoms with van der Waals surface area (Å²) in [4.78, 5) is 31.4. The second-order valence-electron chi connectivity index (χ2n) is 5.44. The van der Waals surface area contributed by atoms with Crippen molar-refractivity contribution in [1.29, 1.82) is 0 Å². The summed E-state index contributed by atoms with van der Waals surface area (Å²) >= 11 is 0.900. The van der Waals surface area contributed by atoms with Gasteiger partial charge in [-0.15, -0.1) is 0 Å². The van der Waals surface area contributed by atoms with Gasteiger partial charge in [-0.25, -0.2) is 15.0 Å². The Balaban J connectivity index is 1.51. The minimum absolute atomic E-state index is 0.00749. The first-order valence-corrected chi connectivity index (χ1v) is 8.74. The zero-order valence-corrected chi connectivity index (χ0v) is 14.4. The topological polar surface area (TPSA) is 75.1 Å². The lowest BCUT2D eigenvalue weighted by Gasteiger charge is -2.35. The van der Waals surface area contributed by atoms with Crippen LogP contribution in [0.1, 0.15) is 5.69 Å². The summed E-state index contributed by atoms with van der Waals surface area (Å²) < 4.78 is 37.9. The number of aromatic nitrogens is 4. The van der Waals surface area contributed by atoms with Crippen LogP contribution in [0.15, 0.2) is 36.0 Å². The fraction of sp³-hybridized carbons (Fsp3) is 0.400. The molecule has 0 unspecified atom stereocenters. The molecule has 26 heavy (non-hydrogen) atoms. The number of carbonyl (C=O) groups is 1. The van der Waals surface area contributed by atoms with E-state index in [2.05, 4.69) is 19.9 Å². The number of amides is 1. The molecule has 0 radical (unpaired) electrons. The van der Waals surface area contributed by atoms with Gasteiger partial charge in [0.2, 0.25) is 5.91 Å². The van der Waals surface area contributed by atoms with E-state index in [4.69, 9.17) is 0 Å². The van der Waals surface area contributed by atoms with Crippen LogP contribution in [0.3, 0.4) is 0 Å². The third-order valence-corrected chi connectivity index (χ3v) is 4.60. The number of anilines is 1. The molecule has 1 saturated heterocycles. The van der Waals surface area contributed by atoms with Crippen molar-refractivity contribution in [2.45, 2.75) is 11.3 Å². The molecule has 3 rings (SSSR count). The van der Waals surface area contributed by atoms with Gasteiger partial charge in [0.15, 0.2) is 5.16 Å². The van der Waals surface area contributed by atoms with E-state index >= 15 is 0 Å². The highest BCUT2D eigenvalue weighted by molar-refractivity contribution is 7.99. The molecule has 0 aliphatic carbocycles. The Labute approximate surface area is 151 Å². The van der Waals surface area contributed by atoms with Gasteiger partial charge in [0, 0.05) is 44.8 Å². The molecule has 1 fully saturated rings. The summed E-state index contributed by atoms with van der Waals surface area (Å²) in [6.07, 6.45) is 1.38. The average molecular weight is 384 g/mol. The smallest absolute Gasteiger partial charge is 0.352 e. The molecule has 0 aromatic carbocycles. The van der Waals surface area contributed by atoms with Crippen LogP contribution in [0.2, 0.25) is 0 Å². The lowest BCUT2D eigenvalue weighted by molar-refractivity contribution is -0.141. The van der Waals surface area contributed by atoms with Crippen molar-refractivity contribution < 1.29 is 18.0 Å². The molecule has 3 heterocycles.